The van der Waals surface area contributed by atoms with E-state index in [-0.39, 0.29) is 29.7 Å². The lowest BCUT2D eigenvalue weighted by Gasteiger charge is -2.25. The van der Waals surface area contributed by atoms with Crippen LogP contribution in [0.2, 0.25) is 5.02 Å². The van der Waals surface area contributed by atoms with Crippen molar-refractivity contribution in [3.8, 4) is 5.75 Å². The van der Waals surface area contributed by atoms with Crippen LogP contribution in [0.25, 0.3) is 0 Å². The van der Waals surface area contributed by atoms with Crippen LogP contribution in [0.4, 0.5) is 8.78 Å². The summed E-state index contributed by atoms with van der Waals surface area (Å²) < 4.78 is 29.7. The minimum Gasteiger partial charge on any atom is -0.434 e. The number of hydrogen-bond acceptors (Lipinski definition) is 3. The molecule has 0 bridgehead atoms. The van der Waals surface area contributed by atoms with E-state index >= 15 is 0 Å². The van der Waals surface area contributed by atoms with Gasteiger partial charge < -0.3 is 15.0 Å². The van der Waals surface area contributed by atoms with Gasteiger partial charge in [-0.3, -0.25) is 9.89 Å². The maximum absolute atomic E-state index is 12.6. The average Bonchev–Trinajstić information content (AvgIpc) is 3.28. The number of aliphatic imine (C=N–C) groups is 1. The van der Waals surface area contributed by atoms with E-state index in [1.165, 1.54) is 12.1 Å². The maximum atomic E-state index is 12.6. The van der Waals surface area contributed by atoms with Crippen LogP contribution in [0.5, 0.6) is 5.75 Å². The zero-order valence-corrected chi connectivity index (χ0v) is 18.2. The number of ether oxygens (including phenoxy) is 1. The number of likely N-dealkylation sites (tertiary alicyclic amines) is 1. The molecule has 1 N–H and O–H groups in total. The van der Waals surface area contributed by atoms with E-state index in [2.05, 4.69) is 37.0 Å². The van der Waals surface area contributed by atoms with Crippen molar-refractivity contribution in [2.45, 2.75) is 25.6 Å². The minimum absolute atomic E-state index is 0. The van der Waals surface area contributed by atoms with Gasteiger partial charge in [0.25, 0.3) is 0 Å². The van der Waals surface area contributed by atoms with Crippen LogP contribution in [0.3, 0.4) is 0 Å². The Morgan fingerprint density at radius 1 is 1.37 bits per heavy atom. The van der Waals surface area contributed by atoms with Crippen molar-refractivity contribution in [1.82, 2.24) is 15.1 Å². The SMILES string of the molecule is CN=C(NCc1cc(Cl)ccc1OC(F)F)N1CCC(N2CC=CC2)C1.I. The van der Waals surface area contributed by atoms with Crippen LogP contribution in [-0.4, -0.2) is 61.6 Å². The number of nitrogens with one attached hydrogen (secondary N) is 1. The highest BCUT2D eigenvalue weighted by Gasteiger charge is 2.29. The zero-order valence-electron chi connectivity index (χ0n) is 15.1. The zero-order chi connectivity index (χ0) is 18.5. The molecule has 1 fully saturated rings. The van der Waals surface area contributed by atoms with Crippen molar-refractivity contribution in [2.24, 2.45) is 4.99 Å². The molecule has 0 aliphatic carbocycles. The third-order valence-electron chi connectivity index (χ3n) is 4.71. The molecule has 2 heterocycles. The monoisotopic (exact) mass is 512 g/mol. The van der Waals surface area contributed by atoms with E-state index < -0.39 is 6.61 Å². The normalized spacial score (nSPS) is 20.3. The van der Waals surface area contributed by atoms with Gasteiger partial charge in [-0.2, -0.15) is 8.78 Å². The van der Waals surface area contributed by atoms with Gasteiger partial charge >= 0.3 is 6.61 Å². The van der Waals surface area contributed by atoms with Gasteiger partial charge in [-0.15, -0.1) is 24.0 Å². The second kappa shape index (κ2) is 10.4. The van der Waals surface area contributed by atoms with Gasteiger partial charge in [0.05, 0.1) is 0 Å². The van der Waals surface area contributed by atoms with Crippen molar-refractivity contribution < 1.29 is 13.5 Å². The number of benzene rings is 1. The summed E-state index contributed by atoms with van der Waals surface area (Å²) in [4.78, 5) is 8.97. The second-order valence-electron chi connectivity index (χ2n) is 6.35. The van der Waals surface area contributed by atoms with Crippen LogP contribution in [0.1, 0.15) is 12.0 Å². The van der Waals surface area contributed by atoms with Gasteiger partial charge in [0, 0.05) is 56.4 Å². The molecule has 9 heteroatoms. The smallest absolute Gasteiger partial charge is 0.387 e. The Morgan fingerprint density at radius 2 is 2.11 bits per heavy atom. The van der Waals surface area contributed by atoms with E-state index in [4.69, 9.17) is 11.6 Å². The first kappa shape index (κ1) is 22.2. The van der Waals surface area contributed by atoms with Gasteiger partial charge in [-0.1, -0.05) is 23.8 Å². The number of halogens is 4. The van der Waals surface area contributed by atoms with Crippen molar-refractivity contribution >= 4 is 41.5 Å². The van der Waals surface area contributed by atoms with Gasteiger partial charge in [0.2, 0.25) is 0 Å². The topological polar surface area (TPSA) is 40.1 Å². The van der Waals surface area contributed by atoms with E-state index in [0.717, 1.165) is 38.6 Å². The molecule has 27 heavy (non-hydrogen) atoms. The molecular formula is C18H24ClF2IN4O. The van der Waals surface area contributed by atoms with E-state index in [1.54, 1.807) is 13.1 Å². The van der Waals surface area contributed by atoms with E-state index in [1.807, 2.05) is 0 Å². The van der Waals surface area contributed by atoms with Crippen LogP contribution in [-0.2, 0) is 6.54 Å². The fraction of sp³-hybridized carbons (Fsp3) is 0.500. The highest BCUT2D eigenvalue weighted by Crippen LogP contribution is 2.25. The first-order chi connectivity index (χ1) is 12.6. The van der Waals surface area contributed by atoms with Crippen molar-refractivity contribution in [3.63, 3.8) is 0 Å². The molecule has 1 aromatic rings. The number of nitrogens with zero attached hydrogens (tertiary/aromatic N) is 3. The summed E-state index contributed by atoms with van der Waals surface area (Å²) in [5.41, 5.74) is 0.568. The lowest BCUT2D eigenvalue weighted by Crippen LogP contribution is -2.42. The largest absolute Gasteiger partial charge is 0.434 e. The van der Waals surface area contributed by atoms with Crippen molar-refractivity contribution in [3.05, 3.63) is 40.9 Å². The summed E-state index contributed by atoms with van der Waals surface area (Å²) in [6.07, 6.45) is 5.47. The molecule has 0 aromatic heterocycles. The summed E-state index contributed by atoms with van der Waals surface area (Å²) in [5, 5.41) is 3.71. The first-order valence-corrected chi connectivity index (χ1v) is 9.02. The van der Waals surface area contributed by atoms with E-state index in [0.29, 0.717) is 23.2 Å². The molecule has 0 radical (unpaired) electrons. The Labute approximate surface area is 180 Å². The molecular weight excluding hydrogens is 489 g/mol. The molecule has 5 nitrogen and oxygen atoms in total. The summed E-state index contributed by atoms with van der Waals surface area (Å²) in [6.45, 7) is 1.25. The molecule has 0 saturated carbocycles. The third-order valence-corrected chi connectivity index (χ3v) is 4.95. The molecule has 1 aromatic carbocycles. The first-order valence-electron chi connectivity index (χ1n) is 8.64. The number of rotatable bonds is 5. The lowest BCUT2D eigenvalue weighted by atomic mass is 10.2. The van der Waals surface area contributed by atoms with Crippen molar-refractivity contribution in [2.75, 3.05) is 33.2 Å². The number of alkyl halides is 2. The third kappa shape index (κ3) is 5.92. The number of hydrogen-bond donors (Lipinski definition) is 1. The van der Waals surface area contributed by atoms with Gasteiger partial charge in [-0.25, -0.2) is 0 Å². The van der Waals surface area contributed by atoms with Crippen LogP contribution in [0.15, 0.2) is 35.3 Å². The highest BCUT2D eigenvalue weighted by atomic mass is 127. The lowest BCUT2D eigenvalue weighted by molar-refractivity contribution is -0.0504. The summed E-state index contributed by atoms with van der Waals surface area (Å²) in [6, 6.07) is 5.13. The molecule has 1 atom stereocenters. The predicted octanol–water partition coefficient (Wildman–Crippen LogP) is 3.58. The van der Waals surface area contributed by atoms with Crippen LogP contribution >= 0.6 is 35.6 Å². The Kier molecular flexibility index (Phi) is 8.56. The standard InChI is InChI=1S/C18H23ClF2N4O.HI/c1-22-18(25-9-6-15(12-25)24-7-2-3-8-24)23-11-13-10-14(19)4-5-16(13)26-17(20)21;/h2-5,10,15,17H,6-9,11-12H2,1H3,(H,22,23);1H. The van der Waals surface area contributed by atoms with Gasteiger partial charge in [0.15, 0.2) is 5.96 Å². The molecule has 2 aliphatic rings. The summed E-state index contributed by atoms with van der Waals surface area (Å²) >= 11 is 6.00. The Bertz CT molecular complexity index is 681. The average molecular weight is 513 g/mol. The Morgan fingerprint density at radius 3 is 2.78 bits per heavy atom. The Hall–Kier alpha value is -1.13. The molecule has 1 saturated heterocycles. The van der Waals surface area contributed by atoms with Crippen LogP contribution in [0, 0.1) is 0 Å². The predicted molar refractivity (Wildman–Crippen MR) is 114 cm³/mol. The Balaban J connectivity index is 0.00000261. The fourth-order valence-corrected chi connectivity index (χ4v) is 3.62. The summed E-state index contributed by atoms with van der Waals surface area (Å²) in [7, 11) is 1.72. The van der Waals surface area contributed by atoms with Gasteiger partial charge in [-0.05, 0) is 24.6 Å². The summed E-state index contributed by atoms with van der Waals surface area (Å²) in [5.74, 6) is 0.873. The quantitative estimate of drug-likeness (QED) is 0.283. The van der Waals surface area contributed by atoms with Crippen LogP contribution < -0.4 is 10.1 Å². The molecule has 3 rings (SSSR count). The van der Waals surface area contributed by atoms with E-state index in [9.17, 15) is 8.78 Å². The molecule has 150 valence electrons. The maximum Gasteiger partial charge on any atom is 0.387 e. The molecule has 1 unspecified atom stereocenters. The fourth-order valence-electron chi connectivity index (χ4n) is 3.43. The minimum atomic E-state index is -2.87. The molecule has 0 amide bonds. The van der Waals surface area contributed by atoms with Crippen molar-refractivity contribution in [1.29, 1.82) is 0 Å². The second-order valence-corrected chi connectivity index (χ2v) is 6.78. The molecule has 0 spiro atoms. The highest BCUT2D eigenvalue weighted by molar-refractivity contribution is 14.0. The van der Waals surface area contributed by atoms with Gasteiger partial charge in [0.1, 0.15) is 5.75 Å². The number of guanidine groups is 1. The molecule has 2 aliphatic heterocycles.